The van der Waals surface area contributed by atoms with Gasteiger partial charge in [0.25, 0.3) is 0 Å². The van der Waals surface area contributed by atoms with Gasteiger partial charge in [-0.15, -0.1) is 0 Å². The van der Waals surface area contributed by atoms with Crippen LogP contribution in [0, 0.1) is 5.92 Å². The Morgan fingerprint density at radius 2 is 1.94 bits per heavy atom. The summed E-state index contributed by atoms with van der Waals surface area (Å²) in [5.74, 6) is -1.99. The number of hydroxylamine groups is 2. The van der Waals surface area contributed by atoms with Crippen LogP contribution in [-0.2, 0) is 37.1 Å². The van der Waals surface area contributed by atoms with E-state index in [4.69, 9.17) is 4.84 Å². The Morgan fingerprint density at radius 3 is 2.53 bits per heavy atom. The summed E-state index contributed by atoms with van der Waals surface area (Å²) < 4.78 is 23.4. The lowest BCUT2D eigenvalue weighted by atomic mass is 10.00. The standard InChI is InChI=1S/C25H38N4O6S/c1-4-19(2)22(27-14-12-21-16-26-18-28-21)17-35-29(23(25(31)32)13-15-36(3,33)34)24(30)11-10-20-8-6-5-7-9-20/h5-9,16,18-19,22-23,27H,4,10-15,17H2,1-3H3,(H,26,28)(H,31,32)/t19-,22+,23-/m0/s1. The van der Waals surface area contributed by atoms with Crippen molar-refractivity contribution in [1.82, 2.24) is 20.3 Å². The van der Waals surface area contributed by atoms with E-state index in [0.29, 0.717) is 13.0 Å². The number of aliphatic carboxylic acids is 1. The van der Waals surface area contributed by atoms with Crippen molar-refractivity contribution in [3.8, 4) is 0 Å². The highest BCUT2D eigenvalue weighted by Crippen LogP contribution is 2.15. The van der Waals surface area contributed by atoms with Crippen molar-refractivity contribution in [2.45, 2.75) is 58.0 Å². The van der Waals surface area contributed by atoms with Crippen molar-refractivity contribution in [3.05, 3.63) is 54.1 Å². The minimum Gasteiger partial charge on any atom is -0.480 e. The fourth-order valence-electron chi connectivity index (χ4n) is 3.69. The van der Waals surface area contributed by atoms with E-state index in [1.807, 2.05) is 37.3 Å². The lowest BCUT2D eigenvalue weighted by Gasteiger charge is -2.31. The van der Waals surface area contributed by atoms with Crippen LogP contribution in [0.2, 0.25) is 0 Å². The molecule has 0 saturated heterocycles. The van der Waals surface area contributed by atoms with Crippen molar-refractivity contribution >= 4 is 21.7 Å². The van der Waals surface area contributed by atoms with Crippen LogP contribution in [0.15, 0.2) is 42.9 Å². The largest absolute Gasteiger partial charge is 0.480 e. The molecule has 11 heteroatoms. The molecule has 0 radical (unpaired) electrons. The molecule has 0 bridgehead atoms. The van der Waals surface area contributed by atoms with Gasteiger partial charge in [-0.05, 0) is 24.3 Å². The first kappa shape index (κ1) is 29.5. The Morgan fingerprint density at radius 1 is 1.22 bits per heavy atom. The highest BCUT2D eigenvalue weighted by molar-refractivity contribution is 7.90. The average molecular weight is 523 g/mol. The number of amides is 1. The maximum Gasteiger partial charge on any atom is 0.329 e. The lowest BCUT2D eigenvalue weighted by Crippen LogP contribution is -2.49. The molecule has 200 valence electrons. The lowest BCUT2D eigenvalue weighted by molar-refractivity contribution is -0.210. The van der Waals surface area contributed by atoms with Gasteiger partial charge < -0.3 is 15.4 Å². The number of aryl methyl sites for hydroxylation is 1. The van der Waals surface area contributed by atoms with Gasteiger partial charge in [0, 0.05) is 43.6 Å². The number of hydrogen-bond donors (Lipinski definition) is 3. The maximum atomic E-state index is 13.2. The molecule has 1 aromatic heterocycles. The van der Waals surface area contributed by atoms with Crippen LogP contribution in [0.4, 0.5) is 0 Å². The van der Waals surface area contributed by atoms with Crippen molar-refractivity contribution < 1.29 is 28.0 Å². The molecule has 0 fully saturated rings. The molecule has 0 aliphatic rings. The number of imidazole rings is 1. The number of carboxylic acid groups (broad SMARTS) is 1. The highest BCUT2D eigenvalue weighted by atomic mass is 32.2. The van der Waals surface area contributed by atoms with Crippen LogP contribution >= 0.6 is 0 Å². The molecule has 0 saturated carbocycles. The number of nitrogens with one attached hydrogen (secondary N) is 2. The quantitative estimate of drug-likeness (QED) is 0.269. The van der Waals surface area contributed by atoms with Gasteiger partial charge in [0.05, 0.1) is 18.7 Å². The Labute approximate surface area is 213 Å². The van der Waals surface area contributed by atoms with Gasteiger partial charge >= 0.3 is 5.97 Å². The average Bonchev–Trinajstić information content (AvgIpc) is 3.36. The van der Waals surface area contributed by atoms with E-state index in [-0.39, 0.29) is 37.2 Å². The second-order valence-corrected chi connectivity index (χ2v) is 11.3. The van der Waals surface area contributed by atoms with Crippen LogP contribution in [-0.4, -0.2) is 77.7 Å². The molecule has 0 unspecified atom stereocenters. The van der Waals surface area contributed by atoms with Gasteiger partial charge in [-0.25, -0.2) is 23.3 Å². The molecule has 0 aliphatic heterocycles. The number of nitrogens with zero attached hydrogens (tertiary/aromatic N) is 2. The summed E-state index contributed by atoms with van der Waals surface area (Å²) in [6.45, 7) is 4.80. The number of sulfone groups is 1. The van der Waals surface area contributed by atoms with E-state index in [1.165, 1.54) is 0 Å². The Kier molecular flexibility index (Phi) is 12.0. The van der Waals surface area contributed by atoms with Gasteiger partial charge in [0.1, 0.15) is 9.84 Å². The number of carboxylic acids is 1. The third-order valence-corrected chi connectivity index (χ3v) is 7.10. The Balaban J connectivity index is 2.13. The summed E-state index contributed by atoms with van der Waals surface area (Å²) >= 11 is 0. The van der Waals surface area contributed by atoms with Crippen molar-refractivity contribution in [2.75, 3.05) is 25.2 Å². The van der Waals surface area contributed by atoms with Crippen molar-refractivity contribution in [3.63, 3.8) is 0 Å². The maximum absolute atomic E-state index is 13.2. The van der Waals surface area contributed by atoms with Crippen LogP contribution in [0.25, 0.3) is 0 Å². The normalized spacial score (nSPS) is 14.2. The van der Waals surface area contributed by atoms with Crippen LogP contribution in [0.1, 0.15) is 44.4 Å². The monoisotopic (exact) mass is 522 g/mol. The predicted octanol–water partition coefficient (Wildman–Crippen LogP) is 2.24. The fraction of sp³-hybridized carbons (Fsp3) is 0.560. The molecule has 2 aromatic rings. The van der Waals surface area contributed by atoms with Gasteiger partial charge in [-0.3, -0.25) is 9.63 Å². The Hall–Kier alpha value is -2.76. The topological polar surface area (TPSA) is 142 Å². The number of carbonyl (C=O) groups is 2. The van der Waals surface area contributed by atoms with Gasteiger partial charge in [0.15, 0.2) is 6.04 Å². The molecule has 1 aromatic carbocycles. The van der Waals surface area contributed by atoms with Crippen molar-refractivity contribution in [1.29, 1.82) is 0 Å². The summed E-state index contributed by atoms with van der Waals surface area (Å²) in [4.78, 5) is 38.2. The molecule has 2 rings (SSSR count). The number of aromatic nitrogens is 2. The first-order valence-corrected chi connectivity index (χ1v) is 14.3. The number of hydrogen-bond acceptors (Lipinski definition) is 7. The third kappa shape index (κ3) is 10.5. The van der Waals surface area contributed by atoms with Crippen molar-refractivity contribution in [2.24, 2.45) is 5.92 Å². The number of benzene rings is 1. The molecule has 1 amide bonds. The summed E-state index contributed by atoms with van der Waals surface area (Å²) in [5.41, 5.74) is 1.92. The molecule has 0 aliphatic carbocycles. The Bertz CT molecular complexity index is 1030. The zero-order valence-corrected chi connectivity index (χ0v) is 22.0. The second kappa shape index (κ2) is 14.7. The molecule has 0 spiro atoms. The first-order valence-electron chi connectivity index (χ1n) is 12.2. The SMILES string of the molecule is CC[C@H](C)[C@@H](CON(C(=O)CCc1ccccc1)[C@@H](CCS(C)(=O)=O)C(=O)O)NCCc1cnc[nH]1. The van der Waals surface area contributed by atoms with E-state index >= 15 is 0 Å². The molecule has 36 heavy (non-hydrogen) atoms. The smallest absolute Gasteiger partial charge is 0.329 e. The second-order valence-electron chi connectivity index (χ2n) is 9.05. The summed E-state index contributed by atoms with van der Waals surface area (Å²) in [6.07, 6.45) is 6.17. The van der Waals surface area contributed by atoms with Gasteiger partial charge in [0.2, 0.25) is 5.91 Å². The summed E-state index contributed by atoms with van der Waals surface area (Å²) in [7, 11) is -3.43. The minimum absolute atomic E-state index is 0.0356. The van der Waals surface area contributed by atoms with Crippen LogP contribution in [0.5, 0.6) is 0 Å². The number of carbonyl (C=O) groups excluding carboxylic acids is 1. The molecular formula is C25H38N4O6S. The number of H-pyrrole nitrogens is 1. The third-order valence-electron chi connectivity index (χ3n) is 6.13. The highest BCUT2D eigenvalue weighted by Gasteiger charge is 2.32. The summed E-state index contributed by atoms with van der Waals surface area (Å²) in [6, 6.07) is 7.83. The summed E-state index contributed by atoms with van der Waals surface area (Å²) in [5, 5.41) is 14.2. The number of rotatable bonds is 17. The van der Waals surface area contributed by atoms with E-state index in [2.05, 4.69) is 22.2 Å². The molecule has 1 heterocycles. The molecule has 10 nitrogen and oxygen atoms in total. The fourth-order valence-corrected chi connectivity index (χ4v) is 4.34. The number of aromatic amines is 1. The van der Waals surface area contributed by atoms with Crippen LogP contribution < -0.4 is 5.32 Å². The zero-order chi connectivity index (χ0) is 26.6. The zero-order valence-electron chi connectivity index (χ0n) is 21.2. The van der Waals surface area contributed by atoms with E-state index in [9.17, 15) is 23.1 Å². The molecule has 3 atom stereocenters. The molecule has 3 N–H and O–H groups in total. The van der Waals surface area contributed by atoms with Gasteiger partial charge in [-0.2, -0.15) is 0 Å². The van der Waals surface area contributed by atoms with E-state index in [0.717, 1.165) is 35.4 Å². The predicted molar refractivity (Wildman–Crippen MR) is 137 cm³/mol. The van der Waals surface area contributed by atoms with Gasteiger partial charge in [-0.1, -0.05) is 50.6 Å². The molecular weight excluding hydrogens is 484 g/mol. The van der Waals surface area contributed by atoms with E-state index < -0.39 is 27.8 Å². The first-order chi connectivity index (χ1) is 17.1. The minimum atomic E-state index is -3.43. The van der Waals surface area contributed by atoms with Crippen LogP contribution in [0.3, 0.4) is 0 Å². The van der Waals surface area contributed by atoms with E-state index in [1.54, 1.807) is 12.5 Å².